The van der Waals surface area contributed by atoms with Crippen LogP contribution in [0.5, 0.6) is 0 Å². The zero-order valence-electron chi connectivity index (χ0n) is 20.0. The summed E-state index contributed by atoms with van der Waals surface area (Å²) in [6.07, 6.45) is 0.456. The molecule has 1 heterocycles. The molecular formula is C27H32N2O6. The molecule has 3 unspecified atom stereocenters. The highest BCUT2D eigenvalue weighted by Gasteiger charge is 2.37. The molecule has 0 saturated carbocycles. The van der Waals surface area contributed by atoms with Crippen molar-refractivity contribution < 1.29 is 29.0 Å². The lowest BCUT2D eigenvalue weighted by atomic mass is 9.98. The molecule has 2 aliphatic rings. The number of hydrogen-bond acceptors (Lipinski definition) is 5. The molecule has 2 aromatic carbocycles. The maximum absolute atomic E-state index is 13.0. The van der Waals surface area contributed by atoms with Crippen molar-refractivity contribution in [2.75, 3.05) is 19.8 Å². The number of hydrogen-bond donors (Lipinski definition) is 3. The average Bonchev–Trinajstić information content (AvgIpc) is 3.43. The van der Waals surface area contributed by atoms with Gasteiger partial charge in [-0.05, 0) is 41.0 Å². The Hall–Kier alpha value is -3.39. The van der Waals surface area contributed by atoms with Crippen molar-refractivity contribution in [2.45, 2.75) is 44.7 Å². The second kappa shape index (κ2) is 10.9. The summed E-state index contributed by atoms with van der Waals surface area (Å²) in [5.74, 6) is -2.00. The number of aliphatic carboxylic acids is 1. The topological polar surface area (TPSA) is 114 Å². The first-order valence-corrected chi connectivity index (χ1v) is 12.1. The van der Waals surface area contributed by atoms with Gasteiger partial charge >= 0.3 is 12.1 Å². The molecule has 2 amide bonds. The first kappa shape index (κ1) is 24.7. The van der Waals surface area contributed by atoms with Crippen LogP contribution >= 0.6 is 0 Å². The molecule has 3 atom stereocenters. The second-order valence-electron chi connectivity index (χ2n) is 9.59. The monoisotopic (exact) mass is 480 g/mol. The molecule has 0 bridgehead atoms. The van der Waals surface area contributed by atoms with Crippen molar-refractivity contribution >= 4 is 18.0 Å². The summed E-state index contributed by atoms with van der Waals surface area (Å²) in [4.78, 5) is 37.2. The van der Waals surface area contributed by atoms with Gasteiger partial charge in [-0.15, -0.1) is 0 Å². The third kappa shape index (κ3) is 5.65. The molecule has 8 heteroatoms. The van der Waals surface area contributed by atoms with E-state index in [0.29, 0.717) is 18.8 Å². The predicted octanol–water partition coefficient (Wildman–Crippen LogP) is 3.55. The van der Waals surface area contributed by atoms with Gasteiger partial charge < -0.3 is 25.2 Å². The first-order chi connectivity index (χ1) is 16.8. The van der Waals surface area contributed by atoms with Crippen LogP contribution in [0.1, 0.15) is 43.7 Å². The number of nitrogens with one attached hydrogen (secondary N) is 2. The largest absolute Gasteiger partial charge is 0.481 e. The molecule has 8 nitrogen and oxygen atoms in total. The lowest BCUT2D eigenvalue weighted by Gasteiger charge is -2.23. The summed E-state index contributed by atoms with van der Waals surface area (Å²) in [6.45, 7) is 4.40. The van der Waals surface area contributed by atoms with Crippen molar-refractivity contribution in [1.82, 2.24) is 10.6 Å². The molecular weight excluding hydrogens is 448 g/mol. The van der Waals surface area contributed by atoms with Gasteiger partial charge in [0, 0.05) is 5.92 Å². The Morgan fingerprint density at radius 1 is 1.00 bits per heavy atom. The molecule has 2 aromatic rings. The molecule has 0 spiro atoms. The van der Waals surface area contributed by atoms with Gasteiger partial charge in [0.15, 0.2) is 0 Å². The summed E-state index contributed by atoms with van der Waals surface area (Å²) in [5.41, 5.74) is 4.49. The zero-order chi connectivity index (χ0) is 24.9. The Balaban J connectivity index is 1.40. The number of carbonyl (C=O) groups is 3. The molecule has 3 N–H and O–H groups in total. The van der Waals surface area contributed by atoms with Crippen molar-refractivity contribution in [3.8, 4) is 11.1 Å². The van der Waals surface area contributed by atoms with Crippen LogP contribution in [0.4, 0.5) is 4.79 Å². The summed E-state index contributed by atoms with van der Waals surface area (Å²) < 4.78 is 10.8. The van der Waals surface area contributed by atoms with E-state index in [-0.39, 0.29) is 25.7 Å². The Morgan fingerprint density at radius 3 is 2.23 bits per heavy atom. The lowest BCUT2D eigenvalue weighted by Crippen LogP contribution is -2.52. The molecule has 1 saturated heterocycles. The number of benzene rings is 2. The van der Waals surface area contributed by atoms with E-state index < -0.39 is 36.0 Å². The molecule has 1 aliphatic carbocycles. The maximum atomic E-state index is 13.0. The number of ether oxygens (including phenoxy) is 2. The quantitative estimate of drug-likeness (QED) is 0.506. The Morgan fingerprint density at radius 2 is 1.63 bits per heavy atom. The van der Waals surface area contributed by atoms with Gasteiger partial charge in [0.05, 0.1) is 19.3 Å². The molecule has 4 rings (SSSR count). The van der Waals surface area contributed by atoms with Gasteiger partial charge in [-0.2, -0.15) is 0 Å². The van der Waals surface area contributed by atoms with E-state index in [9.17, 15) is 19.5 Å². The number of fused-ring (bicyclic) bond motifs is 3. The van der Waals surface area contributed by atoms with Gasteiger partial charge in [-0.3, -0.25) is 9.59 Å². The minimum atomic E-state index is -1.02. The standard InChI is InChI=1S/C27H32N2O6/c1-16(2)11-12-23(25(30)28-24-15-34-13-22(24)26(31)32)29-27(33)35-14-21-19-9-5-3-7-17(19)18-8-4-6-10-20(18)21/h3-10,16,21-24H,11-15H2,1-2H3,(H,28,30)(H,29,33)(H,31,32). The number of carboxylic acid groups (broad SMARTS) is 1. The van der Waals surface area contributed by atoms with Crippen molar-refractivity contribution in [1.29, 1.82) is 0 Å². The molecule has 186 valence electrons. The van der Waals surface area contributed by atoms with Gasteiger partial charge in [-0.25, -0.2) is 4.79 Å². The van der Waals surface area contributed by atoms with Crippen LogP contribution in [0.3, 0.4) is 0 Å². The van der Waals surface area contributed by atoms with E-state index in [0.717, 1.165) is 22.3 Å². The average molecular weight is 481 g/mol. The summed E-state index contributed by atoms with van der Waals surface area (Å²) in [6, 6.07) is 14.7. The van der Waals surface area contributed by atoms with Gasteiger partial charge in [-0.1, -0.05) is 62.4 Å². The van der Waals surface area contributed by atoms with Crippen LogP contribution in [0.25, 0.3) is 11.1 Å². The van der Waals surface area contributed by atoms with E-state index in [1.165, 1.54) is 0 Å². The molecule has 0 aromatic heterocycles. The van der Waals surface area contributed by atoms with Crippen LogP contribution < -0.4 is 10.6 Å². The molecule has 1 fully saturated rings. The van der Waals surface area contributed by atoms with Gasteiger partial charge in [0.2, 0.25) is 5.91 Å². The number of amides is 2. The highest BCUT2D eigenvalue weighted by Crippen LogP contribution is 2.44. The van der Waals surface area contributed by atoms with Crippen LogP contribution in [-0.2, 0) is 19.1 Å². The molecule has 35 heavy (non-hydrogen) atoms. The fraction of sp³-hybridized carbons (Fsp3) is 0.444. The molecule has 0 radical (unpaired) electrons. The number of carboxylic acids is 1. The van der Waals surface area contributed by atoms with Crippen LogP contribution in [0.15, 0.2) is 48.5 Å². The van der Waals surface area contributed by atoms with Gasteiger partial charge in [0.25, 0.3) is 0 Å². The number of alkyl carbamates (subject to hydrolysis) is 1. The van der Waals surface area contributed by atoms with Crippen LogP contribution in [-0.4, -0.2) is 55.0 Å². The lowest BCUT2D eigenvalue weighted by molar-refractivity contribution is -0.142. The fourth-order valence-corrected chi connectivity index (χ4v) is 4.77. The fourth-order valence-electron chi connectivity index (χ4n) is 4.77. The summed E-state index contributed by atoms with van der Waals surface area (Å²) in [5, 5.41) is 14.8. The first-order valence-electron chi connectivity index (χ1n) is 12.1. The maximum Gasteiger partial charge on any atom is 0.407 e. The summed E-state index contributed by atoms with van der Waals surface area (Å²) >= 11 is 0. The van der Waals surface area contributed by atoms with Gasteiger partial charge in [0.1, 0.15) is 18.6 Å². The van der Waals surface area contributed by atoms with Crippen LogP contribution in [0, 0.1) is 11.8 Å². The van der Waals surface area contributed by atoms with E-state index in [1.54, 1.807) is 0 Å². The highest BCUT2D eigenvalue weighted by atomic mass is 16.5. The second-order valence-corrected chi connectivity index (χ2v) is 9.59. The summed E-state index contributed by atoms with van der Waals surface area (Å²) in [7, 11) is 0. The Labute approximate surface area is 205 Å². The van der Waals surface area contributed by atoms with Crippen molar-refractivity contribution in [3.05, 3.63) is 59.7 Å². The minimum absolute atomic E-state index is 0.0523. The van der Waals surface area contributed by atoms with E-state index in [2.05, 4.69) is 22.8 Å². The smallest absolute Gasteiger partial charge is 0.407 e. The highest BCUT2D eigenvalue weighted by molar-refractivity contribution is 5.86. The third-order valence-electron chi connectivity index (χ3n) is 6.71. The molecule has 1 aliphatic heterocycles. The van der Waals surface area contributed by atoms with Crippen LogP contribution in [0.2, 0.25) is 0 Å². The predicted molar refractivity (Wildman–Crippen MR) is 130 cm³/mol. The van der Waals surface area contributed by atoms with E-state index in [1.807, 2.05) is 50.2 Å². The van der Waals surface area contributed by atoms with Crippen molar-refractivity contribution in [3.63, 3.8) is 0 Å². The SMILES string of the molecule is CC(C)CCC(NC(=O)OCC1c2ccccc2-c2ccccc21)C(=O)NC1COCC1C(=O)O. The third-order valence-corrected chi connectivity index (χ3v) is 6.71. The normalized spacial score (nSPS) is 19.6. The zero-order valence-corrected chi connectivity index (χ0v) is 20.0. The van der Waals surface area contributed by atoms with Crippen molar-refractivity contribution in [2.24, 2.45) is 11.8 Å². The Kier molecular flexibility index (Phi) is 7.70. The van der Waals surface area contributed by atoms with E-state index >= 15 is 0 Å². The minimum Gasteiger partial charge on any atom is -0.481 e. The number of carbonyl (C=O) groups excluding carboxylic acids is 2. The van der Waals surface area contributed by atoms with E-state index in [4.69, 9.17) is 9.47 Å². The Bertz CT molecular complexity index is 1040. The number of rotatable bonds is 9.